The summed E-state index contributed by atoms with van der Waals surface area (Å²) >= 11 is 0. The molecular weight excluding hydrogens is 258 g/mol. The van der Waals surface area contributed by atoms with Gasteiger partial charge < -0.3 is 9.73 Å². The highest BCUT2D eigenvalue weighted by Crippen LogP contribution is 2.24. The van der Waals surface area contributed by atoms with Crippen molar-refractivity contribution in [2.24, 2.45) is 0 Å². The summed E-state index contributed by atoms with van der Waals surface area (Å²) in [4.78, 5) is 9.58. The van der Waals surface area contributed by atoms with Crippen LogP contribution in [-0.2, 0) is 6.42 Å². The van der Waals surface area contributed by atoms with Crippen molar-refractivity contribution in [3.63, 3.8) is 0 Å². The van der Waals surface area contributed by atoms with Crippen molar-refractivity contribution in [2.75, 3.05) is 11.9 Å². The maximum Gasteiger partial charge on any atom is 0.275 e. The average molecular weight is 268 g/mol. The minimum atomic E-state index is -0.994. The monoisotopic (exact) mass is 268 g/mol. The third-order valence-electron chi connectivity index (χ3n) is 2.49. The Bertz CT molecular complexity index is 562. The van der Waals surface area contributed by atoms with Crippen LogP contribution < -0.4 is 5.32 Å². The highest BCUT2D eigenvalue weighted by atomic mass is 19.1. The fourth-order valence-corrected chi connectivity index (χ4v) is 1.60. The van der Waals surface area contributed by atoms with E-state index in [4.69, 9.17) is 4.42 Å². The summed E-state index contributed by atoms with van der Waals surface area (Å²) in [6.45, 7) is 0.249. The van der Waals surface area contributed by atoms with Crippen LogP contribution >= 0.6 is 0 Å². The van der Waals surface area contributed by atoms with Crippen molar-refractivity contribution < 1.29 is 18.1 Å². The van der Waals surface area contributed by atoms with Gasteiger partial charge in [0.05, 0.1) is 23.3 Å². The molecule has 0 aliphatic carbocycles. The Hall–Kier alpha value is -2.44. The Labute approximate surface area is 107 Å². The van der Waals surface area contributed by atoms with Crippen LogP contribution in [0.5, 0.6) is 0 Å². The normalized spacial score (nSPS) is 10.4. The predicted octanol–water partition coefficient (Wildman–Crippen LogP) is 3.12. The predicted molar refractivity (Wildman–Crippen MR) is 63.9 cm³/mol. The molecule has 0 bridgehead atoms. The number of hydrogen-bond donors (Lipinski definition) is 1. The van der Waals surface area contributed by atoms with Crippen LogP contribution in [0.2, 0.25) is 0 Å². The lowest BCUT2D eigenvalue weighted by Gasteiger charge is -2.07. The largest absolute Gasteiger partial charge is 0.469 e. The first-order chi connectivity index (χ1) is 9.08. The summed E-state index contributed by atoms with van der Waals surface area (Å²) in [5.41, 5.74) is -0.997. The molecule has 2 rings (SSSR count). The number of halogens is 2. The zero-order chi connectivity index (χ0) is 13.8. The summed E-state index contributed by atoms with van der Waals surface area (Å²) in [6, 6.07) is 4.81. The van der Waals surface area contributed by atoms with Crippen LogP contribution in [0.25, 0.3) is 0 Å². The summed E-state index contributed by atoms with van der Waals surface area (Å²) < 4.78 is 32.1. The lowest BCUT2D eigenvalue weighted by Crippen LogP contribution is -2.08. The fourth-order valence-electron chi connectivity index (χ4n) is 1.60. The molecule has 0 fully saturated rings. The van der Waals surface area contributed by atoms with E-state index in [2.05, 4.69) is 5.32 Å². The van der Waals surface area contributed by atoms with Gasteiger partial charge in [0.2, 0.25) is 0 Å². The molecule has 0 saturated heterocycles. The van der Waals surface area contributed by atoms with Gasteiger partial charge in [-0.05, 0) is 12.1 Å². The highest BCUT2D eigenvalue weighted by Gasteiger charge is 2.16. The van der Waals surface area contributed by atoms with Gasteiger partial charge in [0.15, 0.2) is 11.6 Å². The first-order valence-corrected chi connectivity index (χ1v) is 5.47. The van der Waals surface area contributed by atoms with Gasteiger partial charge in [-0.3, -0.25) is 10.1 Å². The first kappa shape index (κ1) is 13.0. The third kappa shape index (κ3) is 3.06. The number of benzene rings is 1. The number of nitrogens with one attached hydrogen (secondary N) is 1. The number of nitro groups is 1. The number of anilines is 1. The third-order valence-corrected chi connectivity index (χ3v) is 2.49. The van der Waals surface area contributed by atoms with E-state index in [1.165, 1.54) is 6.26 Å². The van der Waals surface area contributed by atoms with E-state index in [0.717, 1.165) is 0 Å². The van der Waals surface area contributed by atoms with Crippen LogP contribution in [0.4, 0.5) is 20.2 Å². The molecule has 0 atom stereocenters. The van der Waals surface area contributed by atoms with Gasteiger partial charge in [0.1, 0.15) is 11.4 Å². The molecule has 2 aromatic rings. The molecule has 1 aromatic carbocycles. The maximum absolute atomic E-state index is 13.5. The summed E-state index contributed by atoms with van der Waals surface area (Å²) in [7, 11) is 0. The second-order valence-corrected chi connectivity index (χ2v) is 3.80. The quantitative estimate of drug-likeness (QED) is 0.668. The molecule has 19 heavy (non-hydrogen) atoms. The number of rotatable bonds is 5. The van der Waals surface area contributed by atoms with E-state index in [0.29, 0.717) is 24.3 Å². The van der Waals surface area contributed by atoms with E-state index in [1.54, 1.807) is 12.1 Å². The molecule has 0 amide bonds. The smallest absolute Gasteiger partial charge is 0.275 e. The SMILES string of the molecule is O=[N+]([O-])c1cc(F)c(NCCc2ccco2)c(F)c1. The number of non-ortho nitro benzene ring substituents is 1. The molecule has 1 N–H and O–H groups in total. The molecule has 100 valence electrons. The molecule has 1 heterocycles. The van der Waals surface area contributed by atoms with E-state index in [9.17, 15) is 18.9 Å². The second-order valence-electron chi connectivity index (χ2n) is 3.80. The molecule has 0 unspecified atom stereocenters. The molecule has 7 heteroatoms. The molecule has 0 aliphatic rings. The Morgan fingerprint density at radius 1 is 1.32 bits per heavy atom. The second kappa shape index (κ2) is 5.47. The zero-order valence-corrected chi connectivity index (χ0v) is 9.73. The standard InChI is InChI=1S/C12H10F2N2O3/c13-10-6-8(16(17)18)7-11(14)12(10)15-4-3-9-2-1-5-19-9/h1-2,5-7,15H,3-4H2. The van der Waals surface area contributed by atoms with E-state index in [-0.39, 0.29) is 12.2 Å². The van der Waals surface area contributed by atoms with Crippen LogP contribution in [0.1, 0.15) is 5.76 Å². The minimum Gasteiger partial charge on any atom is -0.469 e. The summed E-state index contributed by atoms with van der Waals surface area (Å²) in [5, 5.41) is 13.0. The molecule has 0 spiro atoms. The molecule has 0 aliphatic heterocycles. The van der Waals surface area contributed by atoms with Gasteiger partial charge in [-0.25, -0.2) is 8.78 Å². The number of furan rings is 1. The lowest BCUT2D eigenvalue weighted by molar-refractivity contribution is -0.385. The van der Waals surface area contributed by atoms with Gasteiger partial charge in [-0.15, -0.1) is 0 Å². The number of hydrogen-bond acceptors (Lipinski definition) is 4. The number of nitro benzene ring substituents is 1. The van der Waals surface area contributed by atoms with E-state index in [1.807, 2.05) is 0 Å². The van der Waals surface area contributed by atoms with Crippen molar-refractivity contribution in [1.82, 2.24) is 0 Å². The lowest BCUT2D eigenvalue weighted by atomic mass is 10.2. The molecular formula is C12H10F2N2O3. The number of nitrogens with zero attached hydrogens (tertiary/aromatic N) is 1. The maximum atomic E-state index is 13.5. The van der Waals surface area contributed by atoms with Gasteiger partial charge in [0, 0.05) is 13.0 Å². The molecule has 0 saturated carbocycles. The van der Waals surface area contributed by atoms with Crippen molar-refractivity contribution in [3.05, 3.63) is 58.0 Å². The van der Waals surface area contributed by atoms with E-state index >= 15 is 0 Å². The van der Waals surface area contributed by atoms with Crippen LogP contribution in [0.15, 0.2) is 34.9 Å². The summed E-state index contributed by atoms with van der Waals surface area (Å²) in [5.74, 6) is -1.31. The Balaban J connectivity index is 2.06. The fraction of sp³-hybridized carbons (Fsp3) is 0.167. The Kier molecular flexibility index (Phi) is 3.74. The van der Waals surface area contributed by atoms with Gasteiger partial charge in [-0.2, -0.15) is 0 Å². The Morgan fingerprint density at radius 2 is 2.00 bits per heavy atom. The van der Waals surface area contributed by atoms with Crippen molar-refractivity contribution in [3.8, 4) is 0 Å². The van der Waals surface area contributed by atoms with Crippen molar-refractivity contribution in [2.45, 2.75) is 6.42 Å². The summed E-state index contributed by atoms with van der Waals surface area (Å²) in [6.07, 6.45) is 1.95. The van der Waals surface area contributed by atoms with Crippen molar-refractivity contribution >= 4 is 11.4 Å². The highest BCUT2D eigenvalue weighted by molar-refractivity contribution is 5.51. The minimum absolute atomic E-state index is 0.249. The van der Waals surface area contributed by atoms with Crippen LogP contribution in [-0.4, -0.2) is 11.5 Å². The van der Waals surface area contributed by atoms with E-state index < -0.39 is 22.2 Å². The molecule has 0 radical (unpaired) electrons. The van der Waals surface area contributed by atoms with Crippen LogP contribution in [0.3, 0.4) is 0 Å². The molecule has 1 aromatic heterocycles. The zero-order valence-electron chi connectivity index (χ0n) is 9.73. The topological polar surface area (TPSA) is 68.3 Å². The molecule has 5 nitrogen and oxygen atoms in total. The van der Waals surface area contributed by atoms with Gasteiger partial charge in [0.25, 0.3) is 5.69 Å². The van der Waals surface area contributed by atoms with Crippen molar-refractivity contribution in [1.29, 1.82) is 0 Å². The Morgan fingerprint density at radius 3 is 2.53 bits per heavy atom. The first-order valence-electron chi connectivity index (χ1n) is 5.47. The van der Waals surface area contributed by atoms with Gasteiger partial charge >= 0.3 is 0 Å². The van der Waals surface area contributed by atoms with Crippen LogP contribution in [0, 0.1) is 21.7 Å². The van der Waals surface area contributed by atoms with Gasteiger partial charge in [-0.1, -0.05) is 0 Å². The average Bonchev–Trinajstić information content (AvgIpc) is 2.85.